The molecule has 2 heteroatoms. The average Bonchev–Trinajstić information content (AvgIpc) is 2.58. The zero-order chi connectivity index (χ0) is 17.7. The average molecular weight is 331 g/mol. The summed E-state index contributed by atoms with van der Waals surface area (Å²) in [5.41, 5.74) is 0. The van der Waals surface area contributed by atoms with E-state index in [1.54, 1.807) is 0 Å². The van der Waals surface area contributed by atoms with Crippen LogP contribution in [0.5, 0.6) is 0 Å². The van der Waals surface area contributed by atoms with Gasteiger partial charge < -0.3 is 4.74 Å². The van der Waals surface area contributed by atoms with Gasteiger partial charge in [-0.1, -0.05) is 67.7 Å². The molecule has 0 atom stereocenters. The second-order valence-corrected chi connectivity index (χ2v) is 5.41. The minimum Gasteiger partial charge on any atom is -0.466 e. The fraction of sp³-hybridized carbons (Fsp3) is 0.500. The molecule has 0 saturated heterocycles. The highest BCUT2D eigenvalue weighted by Crippen LogP contribution is 2.00. The highest BCUT2D eigenvalue weighted by molar-refractivity contribution is 5.69. The van der Waals surface area contributed by atoms with E-state index in [1.807, 2.05) is 6.92 Å². The first-order chi connectivity index (χ1) is 11.8. The van der Waals surface area contributed by atoms with Crippen LogP contribution in [-0.4, -0.2) is 12.6 Å². The second kappa shape index (κ2) is 19.2. The van der Waals surface area contributed by atoms with E-state index in [2.05, 4.69) is 67.7 Å². The Kier molecular flexibility index (Phi) is 17.8. The van der Waals surface area contributed by atoms with Crippen molar-refractivity contribution in [1.82, 2.24) is 0 Å². The summed E-state index contributed by atoms with van der Waals surface area (Å²) in [5.74, 6) is -0.0927. The Hall–Kier alpha value is -1.83. The molecule has 134 valence electrons. The molecule has 0 aromatic rings. The fourth-order valence-electron chi connectivity index (χ4n) is 1.97. The summed E-state index contributed by atoms with van der Waals surface area (Å²) >= 11 is 0. The number of hydrogen-bond acceptors (Lipinski definition) is 2. The molecule has 0 rings (SSSR count). The Bertz CT molecular complexity index is 425. The molecular formula is C22H34O2. The predicted octanol–water partition coefficient (Wildman–Crippen LogP) is 6.47. The van der Waals surface area contributed by atoms with Gasteiger partial charge in [0.2, 0.25) is 0 Å². The van der Waals surface area contributed by atoms with Crippen LogP contribution in [0.1, 0.15) is 65.2 Å². The van der Waals surface area contributed by atoms with E-state index in [0.717, 1.165) is 44.9 Å². The molecule has 0 bridgehead atoms. The fourth-order valence-corrected chi connectivity index (χ4v) is 1.97. The van der Waals surface area contributed by atoms with E-state index in [1.165, 1.54) is 0 Å². The molecule has 0 spiro atoms. The quantitative estimate of drug-likeness (QED) is 0.207. The molecule has 0 aliphatic heterocycles. The minimum atomic E-state index is -0.0927. The van der Waals surface area contributed by atoms with Crippen molar-refractivity contribution in [3.8, 4) is 0 Å². The number of rotatable bonds is 14. The van der Waals surface area contributed by atoms with Gasteiger partial charge in [0.15, 0.2) is 0 Å². The smallest absolute Gasteiger partial charge is 0.305 e. The molecule has 0 unspecified atom stereocenters. The van der Waals surface area contributed by atoms with Gasteiger partial charge in [-0.2, -0.15) is 0 Å². The van der Waals surface area contributed by atoms with Crippen LogP contribution in [0.4, 0.5) is 0 Å². The van der Waals surface area contributed by atoms with Gasteiger partial charge in [-0.25, -0.2) is 0 Å². The van der Waals surface area contributed by atoms with Crippen LogP contribution in [0.25, 0.3) is 0 Å². The Labute approximate surface area is 148 Å². The molecule has 0 aliphatic carbocycles. The normalized spacial score (nSPS) is 12.6. The third-order valence-electron chi connectivity index (χ3n) is 3.21. The van der Waals surface area contributed by atoms with E-state index in [0.29, 0.717) is 13.0 Å². The first kappa shape index (κ1) is 22.2. The van der Waals surface area contributed by atoms with Crippen molar-refractivity contribution >= 4 is 5.97 Å². The third-order valence-corrected chi connectivity index (χ3v) is 3.21. The highest BCUT2D eigenvalue weighted by Gasteiger charge is 1.98. The Morgan fingerprint density at radius 2 is 1.17 bits per heavy atom. The molecule has 2 nitrogen and oxygen atoms in total. The van der Waals surface area contributed by atoms with Crippen LogP contribution in [-0.2, 0) is 9.53 Å². The Balaban J connectivity index is 3.48. The van der Waals surface area contributed by atoms with Crippen molar-refractivity contribution in [3.05, 3.63) is 60.8 Å². The lowest BCUT2D eigenvalue weighted by atomic mass is 10.2. The van der Waals surface area contributed by atoms with E-state index in [-0.39, 0.29) is 5.97 Å². The topological polar surface area (TPSA) is 26.3 Å². The van der Waals surface area contributed by atoms with Gasteiger partial charge in [-0.15, -0.1) is 0 Å². The van der Waals surface area contributed by atoms with Gasteiger partial charge in [0, 0.05) is 6.42 Å². The van der Waals surface area contributed by atoms with Crippen molar-refractivity contribution in [2.75, 3.05) is 6.61 Å². The maximum Gasteiger partial charge on any atom is 0.305 e. The largest absolute Gasteiger partial charge is 0.466 e. The summed E-state index contributed by atoms with van der Waals surface area (Å²) < 4.78 is 4.88. The summed E-state index contributed by atoms with van der Waals surface area (Å²) in [4.78, 5) is 11.1. The van der Waals surface area contributed by atoms with Gasteiger partial charge in [0.25, 0.3) is 0 Å². The summed E-state index contributed by atoms with van der Waals surface area (Å²) in [6.07, 6.45) is 29.3. The lowest BCUT2D eigenvalue weighted by Crippen LogP contribution is -2.02. The first-order valence-corrected chi connectivity index (χ1v) is 9.21. The van der Waals surface area contributed by atoms with Gasteiger partial charge in [0.05, 0.1) is 6.61 Å². The van der Waals surface area contributed by atoms with Gasteiger partial charge in [-0.3, -0.25) is 4.79 Å². The lowest BCUT2D eigenvalue weighted by molar-refractivity contribution is -0.143. The van der Waals surface area contributed by atoms with Crippen LogP contribution < -0.4 is 0 Å². The lowest BCUT2D eigenvalue weighted by Gasteiger charge is -1.98. The molecule has 0 saturated carbocycles. The number of carbonyl (C=O) groups excluding carboxylic acids is 1. The molecule has 0 N–H and O–H groups in total. The predicted molar refractivity (Wildman–Crippen MR) is 105 cm³/mol. The number of esters is 1. The van der Waals surface area contributed by atoms with Crippen LogP contribution >= 0.6 is 0 Å². The van der Waals surface area contributed by atoms with E-state index in [4.69, 9.17) is 4.74 Å². The maximum atomic E-state index is 11.1. The molecule has 0 heterocycles. The summed E-state index contributed by atoms with van der Waals surface area (Å²) in [5, 5.41) is 0. The van der Waals surface area contributed by atoms with Crippen molar-refractivity contribution in [2.24, 2.45) is 0 Å². The first-order valence-electron chi connectivity index (χ1n) is 9.21. The monoisotopic (exact) mass is 330 g/mol. The number of allylic oxidation sites excluding steroid dienone is 10. The number of ether oxygens (including phenoxy) is 1. The van der Waals surface area contributed by atoms with Crippen molar-refractivity contribution in [2.45, 2.75) is 65.2 Å². The van der Waals surface area contributed by atoms with Gasteiger partial charge in [-0.05, 0) is 51.9 Å². The Morgan fingerprint density at radius 1 is 0.708 bits per heavy atom. The van der Waals surface area contributed by atoms with Gasteiger partial charge in [0.1, 0.15) is 0 Å². The van der Waals surface area contributed by atoms with E-state index in [9.17, 15) is 4.79 Å². The van der Waals surface area contributed by atoms with E-state index < -0.39 is 0 Å². The number of carbonyl (C=O) groups is 1. The van der Waals surface area contributed by atoms with Crippen LogP contribution in [0.3, 0.4) is 0 Å². The highest BCUT2D eigenvalue weighted by atomic mass is 16.5. The molecule has 0 amide bonds. The SMILES string of the molecule is CC/C=C\C/C=C\C/C=C/C/C=C/C/C=C\CCCC(=O)OCC. The zero-order valence-corrected chi connectivity index (χ0v) is 15.5. The molecular weight excluding hydrogens is 296 g/mol. The van der Waals surface area contributed by atoms with Crippen molar-refractivity contribution < 1.29 is 9.53 Å². The van der Waals surface area contributed by atoms with Crippen molar-refractivity contribution in [3.63, 3.8) is 0 Å². The summed E-state index contributed by atoms with van der Waals surface area (Å²) in [6, 6.07) is 0. The van der Waals surface area contributed by atoms with Crippen LogP contribution in [0.15, 0.2) is 60.8 Å². The maximum absolute atomic E-state index is 11.1. The second-order valence-electron chi connectivity index (χ2n) is 5.41. The molecule has 0 aliphatic rings. The molecule has 0 aromatic carbocycles. The Morgan fingerprint density at radius 3 is 1.62 bits per heavy atom. The molecule has 24 heavy (non-hydrogen) atoms. The zero-order valence-electron chi connectivity index (χ0n) is 15.5. The van der Waals surface area contributed by atoms with Crippen molar-refractivity contribution in [1.29, 1.82) is 0 Å². The number of hydrogen-bond donors (Lipinski definition) is 0. The molecule has 0 radical (unpaired) electrons. The van der Waals surface area contributed by atoms with Crippen LogP contribution in [0, 0.1) is 0 Å². The van der Waals surface area contributed by atoms with Gasteiger partial charge >= 0.3 is 5.97 Å². The standard InChI is InChI=1S/C22H34O2/c1-3-5-6-7-8-9-10-11-12-13-14-15-16-17-18-19-20-21-22(23)24-4-2/h5-6,8-9,11-12,14-15,17-18H,3-4,7,10,13,16,19-21H2,1-2H3/b6-5-,9-8-,12-11+,15-14+,18-17-. The minimum absolute atomic E-state index is 0.0927. The number of unbranched alkanes of at least 4 members (excludes halogenated alkanes) is 1. The summed E-state index contributed by atoms with van der Waals surface area (Å²) in [7, 11) is 0. The molecule has 0 aromatic heterocycles. The third kappa shape index (κ3) is 18.2. The van der Waals surface area contributed by atoms with E-state index >= 15 is 0 Å². The molecule has 0 fully saturated rings. The van der Waals surface area contributed by atoms with Crippen LogP contribution in [0.2, 0.25) is 0 Å². The summed E-state index contributed by atoms with van der Waals surface area (Å²) in [6.45, 7) is 4.46.